The zero-order chi connectivity index (χ0) is 14.9. The Labute approximate surface area is 113 Å². The molecule has 1 rings (SSSR count). The van der Waals surface area contributed by atoms with Crippen LogP contribution in [0.4, 0.5) is 0 Å². The molecule has 0 aromatic rings. The van der Waals surface area contributed by atoms with Gasteiger partial charge in [-0.3, -0.25) is 14.0 Å². The fraction of sp³-hybridized carbons (Fsp3) is 1.00. The van der Waals surface area contributed by atoms with Gasteiger partial charge in [0, 0.05) is 6.54 Å². The van der Waals surface area contributed by atoms with E-state index in [9.17, 15) is 23.8 Å². The summed E-state index contributed by atoms with van der Waals surface area (Å²) in [5.74, 6) is 0. The molecule has 1 aliphatic rings. The number of piperidine rings is 1. The van der Waals surface area contributed by atoms with Crippen LogP contribution in [-0.4, -0.2) is 44.8 Å². The average Bonchev–Trinajstić information content (AvgIpc) is 2.12. The summed E-state index contributed by atoms with van der Waals surface area (Å²) in [5, 5.41) is 0. The zero-order valence-corrected chi connectivity index (χ0v) is 13.3. The summed E-state index contributed by atoms with van der Waals surface area (Å²) in [4.78, 5) is 30.1. The van der Waals surface area contributed by atoms with Gasteiger partial charge >= 0.3 is 15.2 Å². The van der Waals surface area contributed by atoms with Gasteiger partial charge in [-0.2, -0.15) is 0 Å². The van der Waals surface area contributed by atoms with E-state index in [0.717, 1.165) is 12.8 Å². The Balaban J connectivity index is 3.05. The van der Waals surface area contributed by atoms with Crippen LogP contribution in [0.15, 0.2) is 0 Å². The SMILES string of the molecule is CCOP(=O)(O)C(N1CCCC(C)(C)C1)P(=O)(O)O. The molecule has 9 heteroatoms. The van der Waals surface area contributed by atoms with Crippen LogP contribution in [0.25, 0.3) is 0 Å². The van der Waals surface area contributed by atoms with E-state index in [2.05, 4.69) is 0 Å². The first-order valence-corrected chi connectivity index (χ1v) is 9.59. The second kappa shape index (κ2) is 5.94. The summed E-state index contributed by atoms with van der Waals surface area (Å²) in [6.45, 7) is 6.14. The molecule has 0 aromatic heterocycles. The molecule has 19 heavy (non-hydrogen) atoms. The van der Waals surface area contributed by atoms with Crippen molar-refractivity contribution in [2.45, 2.75) is 39.1 Å². The first-order valence-electron chi connectivity index (χ1n) is 6.26. The van der Waals surface area contributed by atoms with Crippen molar-refractivity contribution >= 4 is 15.2 Å². The zero-order valence-electron chi connectivity index (χ0n) is 11.5. The molecular weight excluding hydrogens is 292 g/mol. The van der Waals surface area contributed by atoms with E-state index in [1.165, 1.54) is 11.8 Å². The van der Waals surface area contributed by atoms with E-state index in [-0.39, 0.29) is 12.0 Å². The Morgan fingerprint density at radius 1 is 1.32 bits per heavy atom. The van der Waals surface area contributed by atoms with Gasteiger partial charge < -0.3 is 19.2 Å². The van der Waals surface area contributed by atoms with Gasteiger partial charge in [0.2, 0.25) is 5.52 Å². The Morgan fingerprint density at radius 2 is 1.89 bits per heavy atom. The Kier molecular flexibility index (Phi) is 5.41. The van der Waals surface area contributed by atoms with E-state index < -0.39 is 20.7 Å². The molecule has 114 valence electrons. The van der Waals surface area contributed by atoms with Crippen molar-refractivity contribution in [2.75, 3.05) is 19.7 Å². The molecule has 0 bridgehead atoms. The van der Waals surface area contributed by atoms with Crippen LogP contribution in [0.5, 0.6) is 0 Å². The molecule has 0 aromatic carbocycles. The topological polar surface area (TPSA) is 107 Å². The lowest BCUT2D eigenvalue weighted by atomic mass is 9.84. The van der Waals surface area contributed by atoms with Gasteiger partial charge in [0.15, 0.2) is 0 Å². The minimum absolute atomic E-state index is 0.0679. The van der Waals surface area contributed by atoms with Gasteiger partial charge in [0.1, 0.15) is 0 Å². The third-order valence-corrected chi connectivity index (χ3v) is 7.41. The van der Waals surface area contributed by atoms with Crippen molar-refractivity contribution in [1.29, 1.82) is 0 Å². The molecule has 1 fully saturated rings. The first kappa shape index (κ1) is 17.3. The van der Waals surface area contributed by atoms with Gasteiger partial charge in [-0.25, -0.2) is 0 Å². The van der Waals surface area contributed by atoms with Crippen molar-refractivity contribution in [3.8, 4) is 0 Å². The van der Waals surface area contributed by atoms with E-state index in [1.54, 1.807) is 0 Å². The molecule has 0 amide bonds. The molecule has 1 aliphatic heterocycles. The normalized spacial score (nSPS) is 25.8. The quantitative estimate of drug-likeness (QED) is 0.664. The highest BCUT2D eigenvalue weighted by atomic mass is 31.2. The maximum Gasteiger partial charge on any atom is 0.357 e. The lowest BCUT2D eigenvalue weighted by Gasteiger charge is -2.42. The molecule has 2 atom stereocenters. The van der Waals surface area contributed by atoms with Crippen LogP contribution >= 0.6 is 15.2 Å². The number of hydrogen-bond acceptors (Lipinski definition) is 4. The molecule has 0 aliphatic carbocycles. The smallest absolute Gasteiger partial charge is 0.323 e. The van der Waals surface area contributed by atoms with Crippen molar-refractivity contribution in [3.05, 3.63) is 0 Å². The molecule has 7 nitrogen and oxygen atoms in total. The summed E-state index contributed by atoms with van der Waals surface area (Å²) in [6, 6.07) is 0. The van der Waals surface area contributed by atoms with Gasteiger partial charge in [0.25, 0.3) is 0 Å². The second-order valence-corrected chi connectivity index (χ2v) is 9.61. The largest absolute Gasteiger partial charge is 0.357 e. The van der Waals surface area contributed by atoms with Crippen LogP contribution in [0.3, 0.4) is 0 Å². The maximum atomic E-state index is 12.1. The van der Waals surface area contributed by atoms with Gasteiger partial charge in [0.05, 0.1) is 6.61 Å². The summed E-state index contributed by atoms with van der Waals surface area (Å²) < 4.78 is 28.4. The number of rotatable bonds is 5. The monoisotopic (exact) mass is 315 g/mol. The van der Waals surface area contributed by atoms with Crippen molar-refractivity contribution in [2.24, 2.45) is 5.41 Å². The van der Waals surface area contributed by atoms with Crippen molar-refractivity contribution in [3.63, 3.8) is 0 Å². The molecule has 1 saturated heterocycles. The predicted octanol–water partition coefficient (Wildman–Crippen LogP) is 1.79. The van der Waals surface area contributed by atoms with Crippen LogP contribution in [-0.2, 0) is 13.7 Å². The Hall–Kier alpha value is 0.260. The van der Waals surface area contributed by atoms with Crippen LogP contribution in [0.2, 0.25) is 0 Å². The van der Waals surface area contributed by atoms with Crippen LogP contribution < -0.4 is 0 Å². The lowest BCUT2D eigenvalue weighted by molar-refractivity contribution is 0.105. The molecular formula is C10H23NO6P2. The minimum Gasteiger partial charge on any atom is -0.323 e. The molecule has 0 saturated carbocycles. The lowest BCUT2D eigenvalue weighted by Crippen LogP contribution is -2.45. The van der Waals surface area contributed by atoms with Crippen LogP contribution in [0.1, 0.15) is 33.6 Å². The molecule has 3 N–H and O–H groups in total. The second-order valence-electron chi connectivity index (χ2n) is 5.66. The fourth-order valence-electron chi connectivity index (χ4n) is 2.53. The van der Waals surface area contributed by atoms with E-state index in [4.69, 9.17) is 4.52 Å². The average molecular weight is 315 g/mol. The molecule has 1 heterocycles. The van der Waals surface area contributed by atoms with Gasteiger partial charge in [-0.1, -0.05) is 13.8 Å². The Morgan fingerprint density at radius 3 is 2.32 bits per heavy atom. The van der Waals surface area contributed by atoms with Gasteiger partial charge in [-0.05, 0) is 31.7 Å². The van der Waals surface area contributed by atoms with Crippen molar-refractivity contribution < 1.29 is 28.3 Å². The van der Waals surface area contributed by atoms with Crippen molar-refractivity contribution in [1.82, 2.24) is 4.90 Å². The summed E-state index contributed by atoms with van der Waals surface area (Å²) in [5.41, 5.74) is -1.91. The Bertz CT molecular complexity index is 407. The highest BCUT2D eigenvalue weighted by Gasteiger charge is 2.51. The molecule has 2 unspecified atom stereocenters. The van der Waals surface area contributed by atoms with E-state index in [0.29, 0.717) is 13.1 Å². The fourth-order valence-corrected chi connectivity index (χ4v) is 5.98. The number of likely N-dealkylation sites (tertiary alicyclic amines) is 1. The van der Waals surface area contributed by atoms with E-state index in [1.807, 2.05) is 13.8 Å². The molecule has 0 radical (unpaired) electrons. The summed E-state index contributed by atoms with van der Waals surface area (Å²) >= 11 is 0. The molecule has 0 spiro atoms. The number of hydrogen-bond donors (Lipinski definition) is 3. The minimum atomic E-state index is -4.76. The highest BCUT2D eigenvalue weighted by Crippen LogP contribution is 2.64. The first-order chi connectivity index (χ1) is 8.49. The standard InChI is InChI=1S/C10H23NO6P2/c1-4-17-19(15,16)9(18(12,13)14)11-7-5-6-10(2,3)8-11/h9H,4-8H2,1-3H3,(H,15,16)(H2,12,13,14). The summed E-state index contributed by atoms with van der Waals surface area (Å²) in [7, 11) is -9.15. The maximum absolute atomic E-state index is 12.1. The van der Waals surface area contributed by atoms with Crippen LogP contribution in [0, 0.1) is 5.41 Å². The highest BCUT2D eigenvalue weighted by molar-refractivity contribution is 7.71. The summed E-state index contributed by atoms with van der Waals surface area (Å²) in [6.07, 6.45) is 1.65. The predicted molar refractivity (Wildman–Crippen MR) is 71.9 cm³/mol. The third kappa shape index (κ3) is 4.64. The number of nitrogens with zero attached hydrogens (tertiary/aromatic N) is 1. The third-order valence-electron chi connectivity index (χ3n) is 3.16. The van der Waals surface area contributed by atoms with Gasteiger partial charge in [-0.15, -0.1) is 0 Å². The van der Waals surface area contributed by atoms with E-state index >= 15 is 0 Å².